The summed E-state index contributed by atoms with van der Waals surface area (Å²) in [6.07, 6.45) is 1.00. The van der Waals surface area contributed by atoms with Crippen molar-refractivity contribution in [2.75, 3.05) is 0 Å². The molecule has 0 aliphatic carbocycles. The molecule has 0 saturated heterocycles. The van der Waals surface area contributed by atoms with Gasteiger partial charge in [-0.1, -0.05) is 43.3 Å². The summed E-state index contributed by atoms with van der Waals surface area (Å²) in [5.74, 6) is 0.970. The van der Waals surface area contributed by atoms with Crippen LogP contribution in [-0.2, 0) is 13.0 Å². The third kappa shape index (κ3) is 3.58. The number of hydrogen-bond donors (Lipinski definition) is 2. The van der Waals surface area contributed by atoms with Crippen molar-refractivity contribution in [3.63, 3.8) is 0 Å². The predicted octanol–water partition coefficient (Wildman–Crippen LogP) is 3.11. The van der Waals surface area contributed by atoms with Crippen molar-refractivity contribution in [3.8, 4) is 5.75 Å². The number of ether oxygens (including phenoxy) is 1. The van der Waals surface area contributed by atoms with E-state index in [4.69, 9.17) is 15.9 Å². The minimum Gasteiger partial charge on any atom is -0.489 e. The minimum atomic E-state index is 0.0862. The van der Waals surface area contributed by atoms with Crippen LogP contribution >= 0.6 is 0 Å². The Morgan fingerprint density at radius 1 is 1.11 bits per heavy atom. The average Bonchev–Trinajstić information content (AvgIpc) is 2.46. The van der Waals surface area contributed by atoms with Crippen molar-refractivity contribution >= 4 is 5.84 Å². The van der Waals surface area contributed by atoms with E-state index >= 15 is 0 Å². The van der Waals surface area contributed by atoms with Gasteiger partial charge in [-0.05, 0) is 29.7 Å². The van der Waals surface area contributed by atoms with Gasteiger partial charge in [-0.3, -0.25) is 5.41 Å². The summed E-state index contributed by atoms with van der Waals surface area (Å²) < 4.78 is 5.75. The molecular formula is C16H18N2O. The molecule has 0 aliphatic rings. The van der Waals surface area contributed by atoms with Gasteiger partial charge in [-0.2, -0.15) is 0 Å². The number of benzene rings is 2. The van der Waals surface area contributed by atoms with E-state index in [0.717, 1.165) is 23.3 Å². The van der Waals surface area contributed by atoms with Crippen molar-refractivity contribution in [2.45, 2.75) is 20.0 Å². The van der Waals surface area contributed by atoms with Crippen molar-refractivity contribution in [1.29, 1.82) is 5.41 Å². The molecule has 0 saturated carbocycles. The van der Waals surface area contributed by atoms with Crippen LogP contribution in [0, 0.1) is 5.41 Å². The largest absolute Gasteiger partial charge is 0.489 e. The molecule has 3 N–H and O–H groups in total. The fourth-order valence-corrected chi connectivity index (χ4v) is 1.80. The van der Waals surface area contributed by atoms with Gasteiger partial charge in [0.15, 0.2) is 0 Å². The summed E-state index contributed by atoms with van der Waals surface area (Å²) in [5, 5.41) is 7.33. The van der Waals surface area contributed by atoms with Crippen LogP contribution in [0.2, 0.25) is 0 Å². The molecule has 0 aromatic heterocycles. The zero-order valence-corrected chi connectivity index (χ0v) is 11.0. The lowest BCUT2D eigenvalue weighted by Crippen LogP contribution is -2.10. The minimum absolute atomic E-state index is 0.0862. The maximum Gasteiger partial charge on any atom is 0.122 e. The molecule has 2 aromatic carbocycles. The van der Waals surface area contributed by atoms with E-state index in [0.29, 0.717) is 6.61 Å². The first-order chi connectivity index (χ1) is 9.19. The van der Waals surface area contributed by atoms with E-state index in [2.05, 4.69) is 19.1 Å². The SMILES string of the molecule is CCc1cccc(OCc2ccc(C(=N)N)cc2)c1. The van der Waals surface area contributed by atoms with Crippen molar-refractivity contribution in [2.24, 2.45) is 5.73 Å². The quantitative estimate of drug-likeness (QED) is 0.636. The molecule has 0 bridgehead atoms. The number of aryl methyl sites for hydroxylation is 1. The molecule has 19 heavy (non-hydrogen) atoms. The van der Waals surface area contributed by atoms with Gasteiger partial charge in [-0.15, -0.1) is 0 Å². The zero-order valence-electron chi connectivity index (χ0n) is 11.0. The van der Waals surface area contributed by atoms with Gasteiger partial charge >= 0.3 is 0 Å². The molecule has 0 amide bonds. The molecule has 98 valence electrons. The van der Waals surface area contributed by atoms with E-state index in [-0.39, 0.29) is 5.84 Å². The molecule has 0 radical (unpaired) electrons. The summed E-state index contributed by atoms with van der Waals surface area (Å²) in [7, 11) is 0. The van der Waals surface area contributed by atoms with E-state index in [1.807, 2.05) is 36.4 Å². The van der Waals surface area contributed by atoms with Crippen LogP contribution in [0.1, 0.15) is 23.6 Å². The lowest BCUT2D eigenvalue weighted by atomic mass is 10.1. The summed E-state index contributed by atoms with van der Waals surface area (Å²) in [4.78, 5) is 0. The third-order valence-electron chi connectivity index (χ3n) is 2.98. The Morgan fingerprint density at radius 3 is 2.47 bits per heavy atom. The highest BCUT2D eigenvalue weighted by molar-refractivity contribution is 5.94. The third-order valence-corrected chi connectivity index (χ3v) is 2.98. The fraction of sp³-hybridized carbons (Fsp3) is 0.188. The van der Waals surface area contributed by atoms with Crippen LogP contribution in [0.5, 0.6) is 5.75 Å². The first-order valence-electron chi connectivity index (χ1n) is 6.34. The Labute approximate surface area is 113 Å². The Hall–Kier alpha value is -2.29. The normalized spacial score (nSPS) is 10.2. The first kappa shape index (κ1) is 13.1. The van der Waals surface area contributed by atoms with Gasteiger partial charge < -0.3 is 10.5 Å². The van der Waals surface area contributed by atoms with Crippen molar-refractivity contribution in [1.82, 2.24) is 0 Å². The average molecular weight is 254 g/mol. The number of nitrogen functional groups attached to an aromatic ring is 1. The summed E-state index contributed by atoms with van der Waals surface area (Å²) >= 11 is 0. The first-order valence-corrected chi connectivity index (χ1v) is 6.34. The summed E-state index contributed by atoms with van der Waals surface area (Å²) in [6.45, 7) is 2.64. The van der Waals surface area contributed by atoms with Crippen LogP contribution in [0.3, 0.4) is 0 Å². The Bertz CT molecular complexity index is 561. The monoisotopic (exact) mass is 254 g/mol. The number of amidine groups is 1. The van der Waals surface area contributed by atoms with Gasteiger partial charge in [-0.25, -0.2) is 0 Å². The highest BCUT2D eigenvalue weighted by Crippen LogP contribution is 2.15. The second-order valence-corrected chi connectivity index (χ2v) is 4.40. The Kier molecular flexibility index (Phi) is 4.18. The number of nitrogens with one attached hydrogen (secondary N) is 1. The smallest absolute Gasteiger partial charge is 0.122 e. The van der Waals surface area contributed by atoms with Crippen LogP contribution in [-0.4, -0.2) is 5.84 Å². The Morgan fingerprint density at radius 2 is 1.84 bits per heavy atom. The van der Waals surface area contributed by atoms with Gasteiger partial charge in [0.05, 0.1) is 0 Å². The topological polar surface area (TPSA) is 59.1 Å². The fourth-order valence-electron chi connectivity index (χ4n) is 1.80. The molecule has 0 heterocycles. The van der Waals surface area contributed by atoms with Crippen LogP contribution in [0.15, 0.2) is 48.5 Å². The van der Waals surface area contributed by atoms with Crippen LogP contribution < -0.4 is 10.5 Å². The zero-order chi connectivity index (χ0) is 13.7. The maximum absolute atomic E-state index is 7.33. The lowest BCUT2D eigenvalue weighted by molar-refractivity contribution is 0.306. The molecule has 3 heteroatoms. The van der Waals surface area contributed by atoms with E-state index in [1.165, 1.54) is 5.56 Å². The van der Waals surface area contributed by atoms with Gasteiger partial charge in [0, 0.05) is 5.56 Å². The van der Waals surface area contributed by atoms with Crippen LogP contribution in [0.25, 0.3) is 0 Å². The molecule has 0 spiro atoms. The van der Waals surface area contributed by atoms with Gasteiger partial charge in [0.25, 0.3) is 0 Å². The van der Waals surface area contributed by atoms with E-state index in [1.54, 1.807) is 0 Å². The second-order valence-electron chi connectivity index (χ2n) is 4.40. The van der Waals surface area contributed by atoms with Crippen molar-refractivity contribution < 1.29 is 4.74 Å². The Balaban J connectivity index is 1.99. The molecular weight excluding hydrogens is 236 g/mol. The molecule has 0 fully saturated rings. The molecule has 0 aliphatic heterocycles. The molecule has 2 rings (SSSR count). The highest BCUT2D eigenvalue weighted by Gasteiger charge is 1.99. The van der Waals surface area contributed by atoms with Crippen LogP contribution in [0.4, 0.5) is 0 Å². The molecule has 0 atom stereocenters. The number of rotatable bonds is 5. The standard InChI is InChI=1S/C16H18N2O/c1-2-12-4-3-5-15(10-12)19-11-13-6-8-14(9-7-13)16(17)18/h3-10H,2,11H2,1H3,(H3,17,18). The summed E-state index contributed by atoms with van der Waals surface area (Å²) in [6, 6.07) is 15.7. The molecule has 3 nitrogen and oxygen atoms in total. The predicted molar refractivity (Wildman–Crippen MR) is 77.6 cm³/mol. The second kappa shape index (κ2) is 6.05. The van der Waals surface area contributed by atoms with Crippen molar-refractivity contribution in [3.05, 3.63) is 65.2 Å². The highest BCUT2D eigenvalue weighted by atomic mass is 16.5. The molecule has 0 unspecified atom stereocenters. The van der Waals surface area contributed by atoms with E-state index in [9.17, 15) is 0 Å². The number of nitrogens with two attached hydrogens (primary N) is 1. The summed E-state index contributed by atoms with van der Waals surface area (Å²) in [5.41, 5.74) is 8.48. The van der Waals surface area contributed by atoms with E-state index < -0.39 is 0 Å². The number of hydrogen-bond acceptors (Lipinski definition) is 2. The van der Waals surface area contributed by atoms with Gasteiger partial charge in [0.2, 0.25) is 0 Å². The molecule has 2 aromatic rings. The van der Waals surface area contributed by atoms with Gasteiger partial charge in [0.1, 0.15) is 18.2 Å². The lowest BCUT2D eigenvalue weighted by Gasteiger charge is -2.08. The maximum atomic E-state index is 7.33.